The van der Waals surface area contributed by atoms with E-state index in [9.17, 15) is 5.11 Å². The van der Waals surface area contributed by atoms with Crippen LogP contribution in [0.15, 0.2) is 24.3 Å². The van der Waals surface area contributed by atoms with Crippen LogP contribution in [0.4, 0.5) is 0 Å². The summed E-state index contributed by atoms with van der Waals surface area (Å²) in [4.78, 5) is 0. The van der Waals surface area contributed by atoms with Crippen molar-refractivity contribution in [3.63, 3.8) is 0 Å². The molecule has 0 amide bonds. The Morgan fingerprint density at radius 1 is 1.18 bits per heavy atom. The van der Waals surface area contributed by atoms with E-state index >= 15 is 0 Å². The van der Waals surface area contributed by atoms with Crippen molar-refractivity contribution in [1.29, 1.82) is 0 Å². The smallest absolute Gasteiger partial charge is 0.872 e. The summed E-state index contributed by atoms with van der Waals surface area (Å²) < 4.78 is 0. The van der Waals surface area contributed by atoms with E-state index in [1.165, 1.54) is 0 Å². The van der Waals surface area contributed by atoms with E-state index in [0.29, 0.717) is 5.92 Å². The van der Waals surface area contributed by atoms with Crippen LogP contribution in [0.5, 0.6) is 5.75 Å². The van der Waals surface area contributed by atoms with Gasteiger partial charge in [-0.3, -0.25) is 0 Å². The number of benzene rings is 1. The molecule has 54 valence electrons. The van der Waals surface area contributed by atoms with Crippen LogP contribution < -0.4 is 34.7 Å². The molecule has 0 saturated heterocycles. The van der Waals surface area contributed by atoms with E-state index in [1.54, 1.807) is 12.1 Å². The molecular formula is C9H11NaO. The summed E-state index contributed by atoms with van der Waals surface area (Å²) in [5.41, 5.74) is 0.905. The molecule has 1 rings (SSSR count). The molecule has 0 fully saturated rings. The normalized spacial score (nSPS) is 9.36. The topological polar surface area (TPSA) is 23.1 Å². The minimum atomic E-state index is 0. The predicted octanol–water partition coefficient (Wildman–Crippen LogP) is -1.11. The first kappa shape index (κ1) is 11.0. The number of para-hydroxylation sites is 1. The molecule has 1 aromatic rings. The summed E-state index contributed by atoms with van der Waals surface area (Å²) >= 11 is 0. The van der Waals surface area contributed by atoms with Gasteiger partial charge in [0.1, 0.15) is 0 Å². The first-order valence-corrected chi connectivity index (χ1v) is 3.47. The molecule has 0 aliphatic heterocycles. The van der Waals surface area contributed by atoms with Crippen molar-refractivity contribution in [1.82, 2.24) is 0 Å². The molecule has 0 aliphatic carbocycles. The fraction of sp³-hybridized carbons (Fsp3) is 0.333. The van der Waals surface area contributed by atoms with Crippen LogP contribution >= 0.6 is 0 Å². The zero-order valence-electron chi connectivity index (χ0n) is 7.29. The van der Waals surface area contributed by atoms with Crippen molar-refractivity contribution in [3.05, 3.63) is 29.8 Å². The monoisotopic (exact) mass is 158 g/mol. The second-order valence-corrected chi connectivity index (χ2v) is 2.69. The molecule has 0 aliphatic rings. The summed E-state index contributed by atoms with van der Waals surface area (Å²) in [7, 11) is 0. The quantitative estimate of drug-likeness (QED) is 0.475. The molecule has 0 heterocycles. The molecule has 2 heteroatoms. The number of hydrogen-bond acceptors (Lipinski definition) is 1. The zero-order chi connectivity index (χ0) is 7.56. The SMILES string of the molecule is CC(C)c1ccccc1[O-].[Na+]. The Hall–Kier alpha value is 0.0200. The Bertz CT molecular complexity index is 221. The van der Waals surface area contributed by atoms with Gasteiger partial charge in [0.25, 0.3) is 0 Å². The third-order valence-corrected chi connectivity index (χ3v) is 1.54. The van der Waals surface area contributed by atoms with E-state index < -0.39 is 0 Å². The Morgan fingerprint density at radius 2 is 1.73 bits per heavy atom. The van der Waals surface area contributed by atoms with Gasteiger partial charge >= 0.3 is 29.6 Å². The van der Waals surface area contributed by atoms with Crippen LogP contribution in [0.3, 0.4) is 0 Å². The average Bonchev–Trinajstić information content (AvgIpc) is 1.88. The van der Waals surface area contributed by atoms with Crippen LogP contribution in [0.25, 0.3) is 0 Å². The van der Waals surface area contributed by atoms with Crippen LogP contribution in [0.2, 0.25) is 0 Å². The predicted molar refractivity (Wildman–Crippen MR) is 40.0 cm³/mol. The summed E-state index contributed by atoms with van der Waals surface area (Å²) in [5.74, 6) is 0.492. The van der Waals surface area contributed by atoms with Crippen LogP contribution in [0.1, 0.15) is 25.3 Å². The van der Waals surface area contributed by atoms with E-state index in [2.05, 4.69) is 0 Å². The van der Waals surface area contributed by atoms with Gasteiger partial charge in [-0.2, -0.15) is 0 Å². The fourth-order valence-electron chi connectivity index (χ4n) is 0.958. The molecule has 0 saturated carbocycles. The molecular weight excluding hydrogens is 147 g/mol. The molecule has 0 N–H and O–H groups in total. The van der Waals surface area contributed by atoms with E-state index in [4.69, 9.17) is 0 Å². The Balaban J connectivity index is 0.000001000. The van der Waals surface area contributed by atoms with E-state index in [1.807, 2.05) is 26.0 Å². The van der Waals surface area contributed by atoms with Gasteiger partial charge in [-0.1, -0.05) is 43.7 Å². The maximum Gasteiger partial charge on any atom is 1.00 e. The van der Waals surface area contributed by atoms with Gasteiger partial charge in [-0.25, -0.2) is 0 Å². The second kappa shape index (κ2) is 4.81. The molecule has 11 heavy (non-hydrogen) atoms. The maximum absolute atomic E-state index is 11.1. The maximum atomic E-state index is 11.1. The van der Waals surface area contributed by atoms with Crippen LogP contribution in [-0.4, -0.2) is 0 Å². The molecule has 0 unspecified atom stereocenters. The van der Waals surface area contributed by atoms with Crippen molar-refractivity contribution < 1.29 is 34.7 Å². The summed E-state index contributed by atoms with van der Waals surface area (Å²) in [6.07, 6.45) is 0. The van der Waals surface area contributed by atoms with Gasteiger partial charge in [0.05, 0.1) is 0 Å². The third kappa shape index (κ3) is 2.86. The molecule has 0 spiro atoms. The van der Waals surface area contributed by atoms with E-state index in [-0.39, 0.29) is 35.3 Å². The first-order chi connectivity index (χ1) is 4.72. The second-order valence-electron chi connectivity index (χ2n) is 2.69. The summed E-state index contributed by atoms with van der Waals surface area (Å²) in [6.45, 7) is 4.05. The Morgan fingerprint density at radius 3 is 2.09 bits per heavy atom. The van der Waals surface area contributed by atoms with Gasteiger partial charge in [0.15, 0.2) is 0 Å². The molecule has 0 aromatic heterocycles. The van der Waals surface area contributed by atoms with Crippen molar-refractivity contribution in [2.24, 2.45) is 0 Å². The molecule has 1 aromatic carbocycles. The molecule has 1 nitrogen and oxygen atoms in total. The van der Waals surface area contributed by atoms with Gasteiger partial charge < -0.3 is 5.11 Å². The number of rotatable bonds is 1. The Kier molecular flexibility index (Phi) is 4.82. The van der Waals surface area contributed by atoms with E-state index in [0.717, 1.165) is 5.56 Å². The summed E-state index contributed by atoms with van der Waals surface area (Å²) in [6, 6.07) is 7.16. The third-order valence-electron chi connectivity index (χ3n) is 1.54. The first-order valence-electron chi connectivity index (χ1n) is 3.47. The standard InChI is InChI=1S/C9H12O.Na/c1-7(2)8-5-3-4-6-9(8)10;/h3-7,10H,1-2H3;/q;+1/p-1. The van der Waals surface area contributed by atoms with Gasteiger partial charge in [0.2, 0.25) is 0 Å². The summed E-state index contributed by atoms with van der Waals surface area (Å²) in [5, 5.41) is 11.1. The Labute approximate surface area is 89.7 Å². The van der Waals surface area contributed by atoms with Crippen molar-refractivity contribution >= 4 is 0 Å². The van der Waals surface area contributed by atoms with Crippen molar-refractivity contribution in [2.75, 3.05) is 0 Å². The molecule has 0 bridgehead atoms. The van der Waals surface area contributed by atoms with Crippen LogP contribution in [0, 0.1) is 0 Å². The molecule has 0 atom stereocenters. The fourth-order valence-corrected chi connectivity index (χ4v) is 0.958. The minimum Gasteiger partial charge on any atom is -0.872 e. The average molecular weight is 158 g/mol. The van der Waals surface area contributed by atoms with Gasteiger partial charge in [-0.05, 0) is 5.92 Å². The molecule has 0 radical (unpaired) electrons. The largest absolute Gasteiger partial charge is 1.00 e. The van der Waals surface area contributed by atoms with Crippen molar-refractivity contribution in [3.8, 4) is 5.75 Å². The zero-order valence-corrected chi connectivity index (χ0v) is 9.29. The van der Waals surface area contributed by atoms with Gasteiger partial charge in [-0.15, -0.1) is 5.75 Å². The van der Waals surface area contributed by atoms with Gasteiger partial charge in [0, 0.05) is 0 Å². The van der Waals surface area contributed by atoms with Crippen molar-refractivity contribution in [2.45, 2.75) is 19.8 Å². The minimum absolute atomic E-state index is 0. The van der Waals surface area contributed by atoms with Crippen LogP contribution in [-0.2, 0) is 0 Å². The number of hydrogen-bond donors (Lipinski definition) is 0.